The molecule has 2 rings (SSSR count). The fraction of sp³-hybridized carbons (Fsp3) is 0.833. The molecule has 0 aromatic rings. The molecule has 1 amide bonds. The van der Waals surface area contributed by atoms with Gasteiger partial charge in [-0.15, -0.1) is 0 Å². The zero-order valence-electron chi connectivity index (χ0n) is 10.8. The van der Waals surface area contributed by atoms with Crippen LogP contribution < -0.4 is 5.32 Å². The zero-order chi connectivity index (χ0) is 13.7. The SMILES string of the molecule is O=C(O)CC1COCCN1C(=O)CC1CSCCN1. The second-order valence-electron chi connectivity index (χ2n) is 4.84. The first-order valence-electron chi connectivity index (χ1n) is 6.57. The Kier molecular flexibility index (Phi) is 5.47. The number of morpholine rings is 1. The van der Waals surface area contributed by atoms with Crippen molar-refractivity contribution in [2.75, 3.05) is 37.8 Å². The first kappa shape index (κ1) is 14.6. The molecule has 2 unspecified atom stereocenters. The van der Waals surface area contributed by atoms with Gasteiger partial charge in [-0.05, 0) is 0 Å². The van der Waals surface area contributed by atoms with Crippen molar-refractivity contribution >= 4 is 23.6 Å². The highest BCUT2D eigenvalue weighted by Gasteiger charge is 2.30. The van der Waals surface area contributed by atoms with Crippen LogP contribution in [0.5, 0.6) is 0 Å². The predicted molar refractivity (Wildman–Crippen MR) is 72.3 cm³/mol. The fourth-order valence-corrected chi connectivity index (χ4v) is 3.38. The van der Waals surface area contributed by atoms with Crippen LogP contribution in [0.4, 0.5) is 0 Å². The summed E-state index contributed by atoms with van der Waals surface area (Å²) in [5.74, 6) is 1.18. The van der Waals surface area contributed by atoms with Crippen molar-refractivity contribution in [1.29, 1.82) is 0 Å². The van der Waals surface area contributed by atoms with Gasteiger partial charge < -0.3 is 20.1 Å². The summed E-state index contributed by atoms with van der Waals surface area (Å²) in [7, 11) is 0. The largest absolute Gasteiger partial charge is 0.481 e. The van der Waals surface area contributed by atoms with Crippen molar-refractivity contribution in [3.05, 3.63) is 0 Å². The van der Waals surface area contributed by atoms with E-state index in [-0.39, 0.29) is 24.4 Å². The highest BCUT2D eigenvalue weighted by Crippen LogP contribution is 2.16. The Hall–Kier alpha value is -0.790. The van der Waals surface area contributed by atoms with Crippen LogP contribution in [0, 0.1) is 0 Å². The van der Waals surface area contributed by atoms with Crippen LogP contribution in [0.25, 0.3) is 0 Å². The quantitative estimate of drug-likeness (QED) is 0.745. The smallest absolute Gasteiger partial charge is 0.305 e. The summed E-state index contributed by atoms with van der Waals surface area (Å²) in [5, 5.41) is 12.2. The van der Waals surface area contributed by atoms with Crippen LogP contribution in [0.2, 0.25) is 0 Å². The topological polar surface area (TPSA) is 78.9 Å². The summed E-state index contributed by atoms with van der Waals surface area (Å²) < 4.78 is 5.28. The Balaban J connectivity index is 1.88. The maximum Gasteiger partial charge on any atom is 0.305 e. The molecule has 108 valence electrons. The molecule has 2 fully saturated rings. The minimum Gasteiger partial charge on any atom is -0.481 e. The van der Waals surface area contributed by atoms with Crippen LogP contribution in [0.3, 0.4) is 0 Å². The third-order valence-electron chi connectivity index (χ3n) is 3.38. The number of rotatable bonds is 4. The lowest BCUT2D eigenvalue weighted by atomic mass is 10.1. The van der Waals surface area contributed by atoms with Gasteiger partial charge in [0.2, 0.25) is 5.91 Å². The molecule has 19 heavy (non-hydrogen) atoms. The molecular formula is C12H20N2O4S. The molecule has 0 aromatic heterocycles. The molecule has 2 aliphatic rings. The van der Waals surface area contributed by atoms with Gasteiger partial charge in [0.15, 0.2) is 0 Å². The maximum absolute atomic E-state index is 12.3. The standard InChI is InChI=1S/C12H20N2O4S/c15-11(5-9-8-19-4-1-13-9)14-2-3-18-7-10(14)6-12(16)17/h9-10,13H,1-8H2,(H,16,17). The van der Waals surface area contributed by atoms with Crippen molar-refractivity contribution in [1.82, 2.24) is 10.2 Å². The van der Waals surface area contributed by atoms with E-state index >= 15 is 0 Å². The number of carboxylic acids is 1. The Bertz CT molecular complexity index is 334. The Morgan fingerprint density at radius 1 is 1.42 bits per heavy atom. The summed E-state index contributed by atoms with van der Waals surface area (Å²) in [6.45, 7) is 2.25. The molecule has 2 N–H and O–H groups in total. The predicted octanol–water partition coefficient (Wildman–Crippen LogP) is -0.216. The molecule has 0 saturated carbocycles. The number of hydrogen-bond acceptors (Lipinski definition) is 5. The molecule has 7 heteroatoms. The maximum atomic E-state index is 12.3. The van der Waals surface area contributed by atoms with E-state index in [4.69, 9.17) is 9.84 Å². The molecule has 0 aromatic carbocycles. The molecule has 2 heterocycles. The van der Waals surface area contributed by atoms with E-state index in [2.05, 4.69) is 5.32 Å². The molecule has 0 bridgehead atoms. The van der Waals surface area contributed by atoms with Gasteiger partial charge in [0.25, 0.3) is 0 Å². The molecule has 0 radical (unpaired) electrons. The van der Waals surface area contributed by atoms with Gasteiger partial charge >= 0.3 is 5.97 Å². The van der Waals surface area contributed by atoms with E-state index < -0.39 is 5.97 Å². The Labute approximate surface area is 116 Å². The lowest BCUT2D eigenvalue weighted by molar-refractivity contribution is -0.146. The normalized spacial score (nSPS) is 28.1. The van der Waals surface area contributed by atoms with Crippen LogP contribution in [0.1, 0.15) is 12.8 Å². The molecule has 2 atom stereocenters. The number of aliphatic carboxylic acids is 1. The van der Waals surface area contributed by atoms with Crippen molar-refractivity contribution in [3.63, 3.8) is 0 Å². The average Bonchev–Trinajstić information content (AvgIpc) is 2.39. The van der Waals surface area contributed by atoms with Gasteiger partial charge in [-0.25, -0.2) is 0 Å². The lowest BCUT2D eigenvalue weighted by Gasteiger charge is -2.36. The van der Waals surface area contributed by atoms with Gasteiger partial charge in [0.05, 0.1) is 25.7 Å². The molecule has 2 aliphatic heterocycles. The number of carboxylic acid groups (broad SMARTS) is 1. The van der Waals surface area contributed by atoms with E-state index in [1.54, 1.807) is 4.90 Å². The summed E-state index contributed by atoms with van der Waals surface area (Å²) >= 11 is 1.85. The fourth-order valence-electron chi connectivity index (χ4n) is 2.43. The molecule has 0 aliphatic carbocycles. The van der Waals surface area contributed by atoms with E-state index in [1.807, 2.05) is 11.8 Å². The van der Waals surface area contributed by atoms with E-state index in [0.717, 1.165) is 18.1 Å². The number of ether oxygens (including phenoxy) is 1. The van der Waals surface area contributed by atoms with Crippen molar-refractivity contribution in [3.8, 4) is 0 Å². The van der Waals surface area contributed by atoms with Gasteiger partial charge in [0.1, 0.15) is 0 Å². The third-order valence-corrected chi connectivity index (χ3v) is 4.51. The summed E-state index contributed by atoms with van der Waals surface area (Å²) in [5.41, 5.74) is 0. The lowest BCUT2D eigenvalue weighted by Crippen LogP contribution is -2.51. The van der Waals surface area contributed by atoms with Crippen molar-refractivity contribution in [2.24, 2.45) is 0 Å². The number of carbonyl (C=O) groups excluding carboxylic acids is 1. The second kappa shape index (κ2) is 7.12. The van der Waals surface area contributed by atoms with Crippen LogP contribution in [0.15, 0.2) is 0 Å². The Morgan fingerprint density at radius 2 is 2.26 bits per heavy atom. The Morgan fingerprint density at radius 3 is 2.95 bits per heavy atom. The first-order chi connectivity index (χ1) is 9.16. The second-order valence-corrected chi connectivity index (χ2v) is 5.99. The van der Waals surface area contributed by atoms with Gasteiger partial charge in [-0.1, -0.05) is 0 Å². The van der Waals surface area contributed by atoms with Gasteiger partial charge in [0, 0.05) is 37.1 Å². The van der Waals surface area contributed by atoms with Crippen molar-refractivity contribution < 1.29 is 19.4 Å². The van der Waals surface area contributed by atoms with Crippen LogP contribution in [-0.2, 0) is 14.3 Å². The van der Waals surface area contributed by atoms with E-state index in [0.29, 0.717) is 26.2 Å². The number of thioether (sulfide) groups is 1. The average molecular weight is 288 g/mol. The summed E-state index contributed by atoms with van der Waals surface area (Å²) in [6.07, 6.45) is 0.404. The highest BCUT2D eigenvalue weighted by atomic mass is 32.2. The number of hydrogen-bond donors (Lipinski definition) is 2. The van der Waals surface area contributed by atoms with Crippen LogP contribution in [-0.4, -0.2) is 71.8 Å². The third kappa shape index (κ3) is 4.36. The number of amides is 1. The first-order valence-corrected chi connectivity index (χ1v) is 7.72. The summed E-state index contributed by atoms with van der Waals surface area (Å²) in [4.78, 5) is 24.8. The van der Waals surface area contributed by atoms with Crippen LogP contribution >= 0.6 is 11.8 Å². The number of nitrogens with one attached hydrogen (secondary N) is 1. The van der Waals surface area contributed by atoms with E-state index in [9.17, 15) is 9.59 Å². The number of nitrogens with zero attached hydrogens (tertiary/aromatic N) is 1. The monoisotopic (exact) mass is 288 g/mol. The highest BCUT2D eigenvalue weighted by molar-refractivity contribution is 7.99. The zero-order valence-corrected chi connectivity index (χ0v) is 11.7. The minimum atomic E-state index is -0.889. The molecule has 2 saturated heterocycles. The van der Waals surface area contributed by atoms with E-state index in [1.165, 1.54) is 0 Å². The molecule has 6 nitrogen and oxygen atoms in total. The number of carbonyl (C=O) groups is 2. The molecular weight excluding hydrogens is 268 g/mol. The minimum absolute atomic E-state index is 0.0366. The summed E-state index contributed by atoms with van der Waals surface area (Å²) in [6, 6.07) is -0.116. The van der Waals surface area contributed by atoms with Crippen molar-refractivity contribution in [2.45, 2.75) is 24.9 Å². The van der Waals surface area contributed by atoms with Gasteiger partial charge in [-0.2, -0.15) is 11.8 Å². The van der Waals surface area contributed by atoms with Gasteiger partial charge in [-0.3, -0.25) is 9.59 Å². The molecule has 0 spiro atoms.